The van der Waals surface area contributed by atoms with Crippen molar-refractivity contribution in [1.29, 1.82) is 0 Å². The standard InChI is InChI=1S/C20H20N2O2S/c1-13-5-8-16(9-6-13)21-20-22(3)19(23)18(25-20)12-15-7-10-17(24-4)14(2)11-15/h5-12H,1-4H3/b18-12+,21-20?. The molecule has 5 heteroatoms. The molecule has 0 saturated carbocycles. The largest absolute Gasteiger partial charge is 0.496 e. The lowest BCUT2D eigenvalue weighted by molar-refractivity contribution is -0.121. The van der Waals surface area contributed by atoms with Crippen LogP contribution in [0.4, 0.5) is 5.69 Å². The summed E-state index contributed by atoms with van der Waals surface area (Å²) in [6.07, 6.45) is 1.90. The molecule has 0 atom stereocenters. The lowest BCUT2D eigenvalue weighted by Gasteiger charge is -2.07. The van der Waals surface area contributed by atoms with Crippen molar-refractivity contribution in [3.05, 3.63) is 64.1 Å². The topological polar surface area (TPSA) is 41.9 Å². The fourth-order valence-electron chi connectivity index (χ4n) is 2.52. The van der Waals surface area contributed by atoms with E-state index in [1.54, 1.807) is 19.1 Å². The minimum absolute atomic E-state index is 0.0377. The van der Waals surface area contributed by atoms with Crippen LogP contribution in [-0.4, -0.2) is 30.1 Å². The molecule has 0 aliphatic carbocycles. The van der Waals surface area contributed by atoms with Gasteiger partial charge in [-0.3, -0.25) is 9.69 Å². The maximum atomic E-state index is 12.5. The van der Waals surface area contributed by atoms with Gasteiger partial charge in [-0.05, 0) is 67.1 Å². The number of amidine groups is 1. The Morgan fingerprint density at radius 1 is 1.12 bits per heavy atom. The number of ether oxygens (including phenoxy) is 1. The van der Waals surface area contributed by atoms with Crippen LogP contribution in [0.2, 0.25) is 0 Å². The first-order valence-electron chi connectivity index (χ1n) is 7.95. The van der Waals surface area contributed by atoms with Crippen LogP contribution in [-0.2, 0) is 4.79 Å². The van der Waals surface area contributed by atoms with E-state index < -0.39 is 0 Å². The number of methoxy groups -OCH3 is 1. The summed E-state index contributed by atoms with van der Waals surface area (Å²) in [4.78, 5) is 19.3. The van der Waals surface area contributed by atoms with E-state index >= 15 is 0 Å². The summed E-state index contributed by atoms with van der Waals surface area (Å²) in [5, 5.41) is 0.685. The van der Waals surface area contributed by atoms with Gasteiger partial charge in [0, 0.05) is 7.05 Å². The molecule has 1 amide bonds. The highest BCUT2D eigenvalue weighted by Crippen LogP contribution is 2.33. The molecule has 0 unspecified atom stereocenters. The Morgan fingerprint density at radius 2 is 1.84 bits per heavy atom. The van der Waals surface area contributed by atoms with Crippen LogP contribution < -0.4 is 4.74 Å². The molecule has 2 aromatic carbocycles. The first-order valence-corrected chi connectivity index (χ1v) is 8.77. The molecule has 1 aliphatic heterocycles. The average Bonchev–Trinajstić information content (AvgIpc) is 2.85. The summed E-state index contributed by atoms with van der Waals surface area (Å²) in [6.45, 7) is 4.02. The van der Waals surface area contributed by atoms with Gasteiger partial charge >= 0.3 is 0 Å². The molecule has 3 rings (SSSR count). The Labute approximate surface area is 152 Å². The summed E-state index contributed by atoms with van der Waals surface area (Å²) >= 11 is 1.39. The van der Waals surface area contributed by atoms with Crippen molar-refractivity contribution in [1.82, 2.24) is 4.90 Å². The summed E-state index contributed by atoms with van der Waals surface area (Å²) in [7, 11) is 3.40. The molecule has 0 radical (unpaired) electrons. The molecule has 1 aliphatic rings. The number of benzene rings is 2. The molecule has 0 spiro atoms. The Balaban J connectivity index is 1.88. The summed E-state index contributed by atoms with van der Waals surface area (Å²) < 4.78 is 5.28. The fourth-order valence-corrected chi connectivity index (χ4v) is 3.51. The second-order valence-corrected chi connectivity index (χ2v) is 6.94. The monoisotopic (exact) mass is 352 g/mol. The van der Waals surface area contributed by atoms with E-state index in [-0.39, 0.29) is 5.91 Å². The van der Waals surface area contributed by atoms with E-state index in [0.29, 0.717) is 10.1 Å². The number of hydrogen-bond acceptors (Lipinski definition) is 4. The van der Waals surface area contributed by atoms with Gasteiger partial charge in [0.1, 0.15) is 5.75 Å². The number of thioether (sulfide) groups is 1. The SMILES string of the molecule is COc1ccc(/C=C2/SC(=Nc3ccc(C)cc3)N(C)C2=O)cc1C. The van der Waals surface area contributed by atoms with Crippen molar-refractivity contribution in [3.8, 4) is 5.75 Å². The molecule has 128 valence electrons. The number of aliphatic imine (C=N–C) groups is 1. The van der Waals surface area contributed by atoms with E-state index in [1.807, 2.05) is 62.4 Å². The van der Waals surface area contributed by atoms with Crippen LogP contribution in [0.3, 0.4) is 0 Å². The third-order valence-electron chi connectivity index (χ3n) is 3.98. The van der Waals surface area contributed by atoms with E-state index in [9.17, 15) is 4.79 Å². The Kier molecular flexibility index (Phi) is 4.95. The molecule has 1 heterocycles. The molecular weight excluding hydrogens is 332 g/mol. The molecule has 0 bridgehead atoms. The highest BCUT2D eigenvalue weighted by Gasteiger charge is 2.30. The van der Waals surface area contributed by atoms with Gasteiger partial charge in [-0.15, -0.1) is 0 Å². The predicted octanol–water partition coefficient (Wildman–Crippen LogP) is 4.55. The van der Waals surface area contributed by atoms with Crippen LogP contribution in [0.5, 0.6) is 5.75 Å². The molecule has 0 N–H and O–H groups in total. The highest BCUT2D eigenvalue weighted by atomic mass is 32.2. The van der Waals surface area contributed by atoms with Crippen LogP contribution in [0.1, 0.15) is 16.7 Å². The van der Waals surface area contributed by atoms with E-state index in [0.717, 1.165) is 22.6 Å². The molecule has 2 aromatic rings. The Morgan fingerprint density at radius 3 is 2.48 bits per heavy atom. The first-order chi connectivity index (χ1) is 12.0. The van der Waals surface area contributed by atoms with Gasteiger partial charge < -0.3 is 4.74 Å². The molecule has 25 heavy (non-hydrogen) atoms. The quantitative estimate of drug-likeness (QED) is 0.761. The number of rotatable bonds is 3. The summed E-state index contributed by atoms with van der Waals surface area (Å²) in [5.41, 5.74) is 4.03. The zero-order valence-electron chi connectivity index (χ0n) is 14.7. The lowest BCUT2D eigenvalue weighted by Crippen LogP contribution is -2.23. The number of carbonyl (C=O) groups is 1. The van der Waals surface area contributed by atoms with Crippen molar-refractivity contribution in [2.24, 2.45) is 4.99 Å². The smallest absolute Gasteiger partial charge is 0.266 e. The molecule has 1 fully saturated rings. The van der Waals surface area contributed by atoms with E-state index in [1.165, 1.54) is 17.3 Å². The number of likely N-dealkylation sites (N-methyl/N-ethyl adjacent to an activating group) is 1. The summed E-state index contributed by atoms with van der Waals surface area (Å²) in [5.74, 6) is 0.802. The normalized spacial score (nSPS) is 17.6. The molecular formula is C20H20N2O2S. The second-order valence-electron chi connectivity index (χ2n) is 5.93. The third kappa shape index (κ3) is 3.77. The molecule has 4 nitrogen and oxygen atoms in total. The van der Waals surface area contributed by atoms with Gasteiger partial charge in [0.2, 0.25) is 0 Å². The molecule has 1 saturated heterocycles. The van der Waals surface area contributed by atoms with Gasteiger partial charge in [-0.25, -0.2) is 4.99 Å². The van der Waals surface area contributed by atoms with Crippen molar-refractivity contribution in [2.45, 2.75) is 13.8 Å². The van der Waals surface area contributed by atoms with Crippen molar-refractivity contribution >= 4 is 34.6 Å². The molecule has 0 aromatic heterocycles. The average molecular weight is 352 g/mol. The van der Waals surface area contributed by atoms with Crippen molar-refractivity contribution in [3.63, 3.8) is 0 Å². The number of nitrogens with zero attached hydrogens (tertiary/aromatic N) is 2. The maximum Gasteiger partial charge on any atom is 0.266 e. The van der Waals surface area contributed by atoms with Crippen LogP contribution in [0.25, 0.3) is 6.08 Å². The highest BCUT2D eigenvalue weighted by molar-refractivity contribution is 8.18. The lowest BCUT2D eigenvalue weighted by atomic mass is 10.1. The van der Waals surface area contributed by atoms with Gasteiger partial charge in [-0.1, -0.05) is 23.8 Å². The number of hydrogen-bond donors (Lipinski definition) is 0. The first kappa shape index (κ1) is 17.3. The maximum absolute atomic E-state index is 12.5. The fraction of sp³-hybridized carbons (Fsp3) is 0.200. The minimum atomic E-state index is -0.0377. The van der Waals surface area contributed by atoms with Crippen LogP contribution >= 0.6 is 11.8 Å². The van der Waals surface area contributed by atoms with Crippen LogP contribution in [0.15, 0.2) is 52.4 Å². The zero-order valence-corrected chi connectivity index (χ0v) is 15.6. The predicted molar refractivity (Wildman–Crippen MR) is 104 cm³/mol. The van der Waals surface area contributed by atoms with Gasteiger partial charge in [0.15, 0.2) is 5.17 Å². The second kappa shape index (κ2) is 7.15. The number of amides is 1. The van der Waals surface area contributed by atoms with Gasteiger partial charge in [0.05, 0.1) is 17.7 Å². The Hall–Kier alpha value is -2.53. The van der Waals surface area contributed by atoms with E-state index in [4.69, 9.17) is 4.74 Å². The van der Waals surface area contributed by atoms with Crippen LogP contribution in [0, 0.1) is 13.8 Å². The number of aryl methyl sites for hydroxylation is 2. The van der Waals surface area contributed by atoms with Crippen molar-refractivity contribution in [2.75, 3.05) is 14.2 Å². The minimum Gasteiger partial charge on any atom is -0.496 e. The van der Waals surface area contributed by atoms with Crippen molar-refractivity contribution < 1.29 is 9.53 Å². The van der Waals surface area contributed by atoms with E-state index in [2.05, 4.69) is 4.99 Å². The third-order valence-corrected chi connectivity index (χ3v) is 5.04. The zero-order chi connectivity index (χ0) is 18.0. The van der Waals surface area contributed by atoms with Gasteiger partial charge in [-0.2, -0.15) is 0 Å². The van der Waals surface area contributed by atoms with Gasteiger partial charge in [0.25, 0.3) is 5.91 Å². The number of carbonyl (C=O) groups excluding carboxylic acids is 1. The summed E-state index contributed by atoms with van der Waals surface area (Å²) in [6, 6.07) is 13.8. The Bertz CT molecular complexity index is 870.